The third kappa shape index (κ3) is 7.92. The molecule has 0 aromatic heterocycles. The van der Waals surface area contributed by atoms with E-state index in [9.17, 15) is 29.7 Å². The molecule has 5 aliphatic heterocycles. The number of carboxylic acid groups (broad SMARTS) is 3. The molecular formula is C34H31N4Na3O6. The van der Waals surface area contributed by atoms with E-state index < -0.39 is 30.2 Å². The van der Waals surface area contributed by atoms with E-state index in [2.05, 4.69) is 11.6 Å². The zero-order valence-corrected chi connectivity index (χ0v) is 34.2. The molecule has 0 unspecified atom stereocenters. The third-order valence-corrected chi connectivity index (χ3v) is 8.76. The fourth-order valence-electron chi connectivity index (χ4n) is 6.34. The van der Waals surface area contributed by atoms with Crippen LogP contribution in [0.2, 0.25) is 0 Å². The van der Waals surface area contributed by atoms with Gasteiger partial charge in [0.25, 0.3) is 0 Å². The fourth-order valence-corrected chi connectivity index (χ4v) is 6.34. The van der Waals surface area contributed by atoms with Crippen molar-refractivity contribution in [2.45, 2.75) is 60.3 Å². The van der Waals surface area contributed by atoms with E-state index in [0.717, 1.165) is 22.3 Å². The summed E-state index contributed by atoms with van der Waals surface area (Å²) in [5, 5.41) is 36.1. The van der Waals surface area contributed by atoms with Crippen molar-refractivity contribution in [3.8, 4) is 0 Å². The zero-order chi connectivity index (χ0) is 32.0. The van der Waals surface area contributed by atoms with Crippen LogP contribution < -0.4 is 104 Å². The number of fused-ring (bicyclic) bond motifs is 4. The van der Waals surface area contributed by atoms with Crippen LogP contribution in [0.3, 0.4) is 0 Å². The zero-order valence-electron chi connectivity index (χ0n) is 28.2. The molecule has 5 heterocycles. The summed E-state index contributed by atoms with van der Waals surface area (Å²) in [6.07, 6.45) is 6.85. The summed E-state index contributed by atoms with van der Waals surface area (Å²) in [5.74, 6) is -5.20. The van der Waals surface area contributed by atoms with Gasteiger partial charge in [0.15, 0.2) is 0 Å². The maximum Gasteiger partial charge on any atom is 1.00 e. The Morgan fingerprint density at radius 3 is 1.98 bits per heavy atom. The van der Waals surface area contributed by atoms with Crippen molar-refractivity contribution in [3.05, 3.63) is 92.7 Å². The van der Waals surface area contributed by atoms with Crippen molar-refractivity contribution in [2.75, 3.05) is 0 Å². The van der Waals surface area contributed by atoms with Crippen LogP contribution in [-0.4, -0.2) is 40.8 Å². The molecule has 0 fully saturated rings. The Morgan fingerprint density at radius 1 is 0.809 bits per heavy atom. The number of allylic oxidation sites excluding steroid dienone is 10. The first kappa shape index (κ1) is 41.2. The van der Waals surface area contributed by atoms with Gasteiger partial charge in [0, 0.05) is 52.6 Å². The molecule has 8 bridgehead atoms. The monoisotopic (exact) mass is 660 g/mol. The number of hydrogen-bond donors (Lipinski definition) is 0. The van der Waals surface area contributed by atoms with Gasteiger partial charge in [-0.25, -0.2) is 15.0 Å². The summed E-state index contributed by atoms with van der Waals surface area (Å²) < 4.78 is 0. The molecule has 226 valence electrons. The van der Waals surface area contributed by atoms with Gasteiger partial charge in [-0.2, -0.15) is 0 Å². The van der Waals surface area contributed by atoms with Gasteiger partial charge >= 0.3 is 88.7 Å². The minimum atomic E-state index is -1.52. The summed E-state index contributed by atoms with van der Waals surface area (Å²) in [6.45, 7) is 13.3. The average Bonchev–Trinajstić information content (AvgIpc) is 3.63. The first-order valence-electron chi connectivity index (χ1n) is 14.5. The second-order valence-electron chi connectivity index (χ2n) is 11.3. The van der Waals surface area contributed by atoms with E-state index in [0.29, 0.717) is 40.6 Å². The van der Waals surface area contributed by atoms with E-state index in [1.165, 1.54) is 0 Å². The van der Waals surface area contributed by atoms with Crippen LogP contribution in [0, 0.1) is 11.8 Å². The van der Waals surface area contributed by atoms with Crippen LogP contribution in [0.25, 0.3) is 0 Å². The summed E-state index contributed by atoms with van der Waals surface area (Å²) in [4.78, 5) is 55.4. The Hall–Kier alpha value is -1.99. The maximum atomic E-state index is 12.5. The summed E-state index contributed by atoms with van der Waals surface area (Å²) in [6, 6.07) is 0. The largest absolute Gasteiger partial charge is 1.00 e. The van der Waals surface area contributed by atoms with Crippen molar-refractivity contribution >= 4 is 40.8 Å². The Morgan fingerprint density at radius 2 is 1.40 bits per heavy atom. The third-order valence-electron chi connectivity index (χ3n) is 8.76. The van der Waals surface area contributed by atoms with Gasteiger partial charge in [-0.3, -0.25) is 4.99 Å². The van der Waals surface area contributed by atoms with Crippen LogP contribution >= 0.6 is 0 Å². The molecule has 0 saturated heterocycles. The van der Waals surface area contributed by atoms with E-state index in [-0.39, 0.29) is 136 Å². The SMILES string of the molecule is C=CC1=C(C)C2=CC3=NC(=C(CC(=O)[O-])C4=NC(=CC5=NC(=CC1=N2)C(C)=C5CC)C(C)=C4C(=O)[O-])[C@@H](CCC(=O)[O-])[C@@H]3C.[Na+].[Na+].[Na+]. The molecule has 2 atom stereocenters. The number of hydrogen-bond acceptors (Lipinski definition) is 10. The number of aliphatic imine (C=N–C) groups is 4. The summed E-state index contributed by atoms with van der Waals surface area (Å²) in [7, 11) is 0. The van der Waals surface area contributed by atoms with Gasteiger partial charge in [0.05, 0.1) is 45.9 Å². The molecule has 0 saturated carbocycles. The van der Waals surface area contributed by atoms with Crippen LogP contribution in [0.4, 0.5) is 0 Å². The van der Waals surface area contributed by atoms with Gasteiger partial charge < -0.3 is 29.7 Å². The van der Waals surface area contributed by atoms with Crippen molar-refractivity contribution < 1.29 is 118 Å². The van der Waals surface area contributed by atoms with Gasteiger partial charge in [-0.1, -0.05) is 26.5 Å². The van der Waals surface area contributed by atoms with Gasteiger partial charge in [-0.15, -0.1) is 0 Å². The Balaban J connectivity index is 0.00000256. The number of aliphatic carboxylic acids is 3. The van der Waals surface area contributed by atoms with Crippen LogP contribution in [0.15, 0.2) is 113 Å². The van der Waals surface area contributed by atoms with Crippen LogP contribution in [0.5, 0.6) is 0 Å². The number of carbonyl (C=O) groups is 3. The first-order valence-corrected chi connectivity index (χ1v) is 14.5. The van der Waals surface area contributed by atoms with Crippen LogP contribution in [0.1, 0.15) is 60.3 Å². The van der Waals surface area contributed by atoms with Gasteiger partial charge in [0.1, 0.15) is 0 Å². The molecule has 0 aromatic rings. The Labute approximate surface area is 340 Å². The molecule has 0 aromatic carbocycles. The van der Waals surface area contributed by atoms with Gasteiger partial charge in [-0.05, 0) is 80.6 Å². The number of rotatable bonds is 8. The minimum absolute atomic E-state index is 0. The Kier molecular flexibility index (Phi) is 14.6. The topological polar surface area (TPSA) is 170 Å². The minimum Gasteiger partial charge on any atom is -0.550 e. The number of nitrogens with zero attached hydrogens (tertiary/aromatic N) is 4. The summed E-state index contributed by atoms with van der Waals surface area (Å²) >= 11 is 0. The normalized spacial score (nSPS) is 21.4. The summed E-state index contributed by atoms with van der Waals surface area (Å²) in [5.41, 5.74) is 7.22. The maximum absolute atomic E-state index is 12.5. The number of carboxylic acids is 3. The molecule has 5 rings (SSSR count). The Bertz CT molecular complexity index is 1810. The van der Waals surface area contributed by atoms with E-state index in [4.69, 9.17) is 15.0 Å². The molecule has 0 amide bonds. The molecule has 13 heteroatoms. The molecule has 10 nitrogen and oxygen atoms in total. The molecule has 0 spiro atoms. The molecule has 5 aliphatic rings. The smallest absolute Gasteiger partial charge is 0.550 e. The molecule has 0 aliphatic carbocycles. The van der Waals surface area contributed by atoms with Gasteiger partial charge in [0.2, 0.25) is 0 Å². The quantitative estimate of drug-likeness (QED) is 0.235. The first-order chi connectivity index (χ1) is 20.9. The fraction of sp³-hybridized carbons (Fsp3) is 0.324. The van der Waals surface area contributed by atoms with Crippen molar-refractivity contribution in [2.24, 2.45) is 31.8 Å². The van der Waals surface area contributed by atoms with Crippen LogP contribution in [-0.2, 0) is 14.4 Å². The average molecular weight is 661 g/mol. The van der Waals surface area contributed by atoms with Crippen molar-refractivity contribution in [1.29, 1.82) is 0 Å². The van der Waals surface area contributed by atoms with Crippen molar-refractivity contribution in [1.82, 2.24) is 0 Å². The van der Waals surface area contributed by atoms with E-state index >= 15 is 0 Å². The number of carbonyl (C=O) groups excluding carboxylic acids is 3. The second kappa shape index (κ2) is 16.6. The molecular weight excluding hydrogens is 629 g/mol. The van der Waals surface area contributed by atoms with Crippen molar-refractivity contribution in [3.63, 3.8) is 0 Å². The predicted octanol–water partition coefficient (Wildman–Crippen LogP) is -7.05. The molecule has 0 N–H and O–H groups in total. The van der Waals surface area contributed by atoms with E-state index in [1.54, 1.807) is 25.2 Å². The van der Waals surface area contributed by atoms with E-state index in [1.807, 2.05) is 33.8 Å². The second-order valence-corrected chi connectivity index (χ2v) is 11.3. The molecule has 0 radical (unpaired) electrons. The predicted molar refractivity (Wildman–Crippen MR) is 161 cm³/mol. The molecule has 47 heavy (non-hydrogen) atoms. The standard InChI is InChI=1S/C34H34N4O6.3Na/c1-7-19-15(3)23-12-25-17(5)21(9-10-29(39)40)32(37-25)22(11-30(41)42)33-31(34(43)44)18(6)26(38-33)14-28-20(8-2)16(4)24(36-28)13-27(19)35-23;;;/h7,12-14,17,21H,1,8-11H2,2-6H3,(H,39,40)(H,41,42)(H,43,44);;;/q;3*+1/p-3/t17-,21-;;;/m0.../s1.